The van der Waals surface area contributed by atoms with Gasteiger partial charge in [0.1, 0.15) is 5.82 Å². The molecule has 1 aromatic heterocycles. The number of hydrogen-bond donors (Lipinski definition) is 2. The van der Waals surface area contributed by atoms with Gasteiger partial charge in [0.15, 0.2) is 0 Å². The number of anilines is 1. The Balaban J connectivity index is 1.88. The van der Waals surface area contributed by atoms with Crippen LogP contribution in [0.15, 0.2) is 18.3 Å². The van der Waals surface area contributed by atoms with Gasteiger partial charge >= 0.3 is 0 Å². The molecule has 0 saturated carbocycles. The standard InChI is InChI=1S/C14H20N4O/c1-9(15)10-4-5-16-13(7-10)18-6-2-3-11-12(18)8-17-14(11)19/h4-5,7,9,11-12H,2-3,6,8,15H2,1H3,(H,17,19)/t9-,11?,12?/m0/s1. The Bertz CT molecular complexity index is 488. The van der Waals surface area contributed by atoms with Crippen molar-refractivity contribution in [2.75, 3.05) is 18.0 Å². The molecule has 5 nitrogen and oxygen atoms in total. The summed E-state index contributed by atoms with van der Waals surface area (Å²) in [6.45, 7) is 3.66. The molecule has 1 aromatic rings. The van der Waals surface area contributed by atoms with Crippen LogP contribution >= 0.6 is 0 Å². The maximum absolute atomic E-state index is 11.8. The molecule has 0 bridgehead atoms. The second kappa shape index (κ2) is 4.81. The summed E-state index contributed by atoms with van der Waals surface area (Å²) in [5.74, 6) is 1.26. The lowest BCUT2D eigenvalue weighted by Gasteiger charge is -2.37. The normalized spacial score (nSPS) is 27.9. The van der Waals surface area contributed by atoms with Crippen molar-refractivity contribution >= 4 is 11.7 Å². The zero-order chi connectivity index (χ0) is 13.4. The smallest absolute Gasteiger partial charge is 0.225 e. The van der Waals surface area contributed by atoms with Crippen molar-refractivity contribution in [3.63, 3.8) is 0 Å². The third kappa shape index (κ3) is 2.18. The summed E-state index contributed by atoms with van der Waals surface area (Å²) < 4.78 is 0. The van der Waals surface area contributed by atoms with Gasteiger partial charge in [-0.3, -0.25) is 4.79 Å². The van der Waals surface area contributed by atoms with Gasteiger partial charge in [-0.1, -0.05) is 0 Å². The molecule has 2 saturated heterocycles. The van der Waals surface area contributed by atoms with Crippen LogP contribution in [-0.4, -0.2) is 30.0 Å². The van der Waals surface area contributed by atoms with Crippen molar-refractivity contribution in [1.29, 1.82) is 0 Å². The molecular weight excluding hydrogens is 240 g/mol. The molecule has 3 rings (SSSR count). The Morgan fingerprint density at radius 1 is 1.58 bits per heavy atom. The molecule has 0 aromatic carbocycles. The van der Waals surface area contributed by atoms with E-state index in [1.165, 1.54) is 0 Å². The highest BCUT2D eigenvalue weighted by Crippen LogP contribution is 2.31. The number of carbonyl (C=O) groups is 1. The lowest BCUT2D eigenvalue weighted by atomic mass is 9.91. The summed E-state index contributed by atoms with van der Waals surface area (Å²) in [5.41, 5.74) is 7.02. The number of nitrogens with one attached hydrogen (secondary N) is 1. The highest BCUT2D eigenvalue weighted by molar-refractivity contribution is 5.83. The van der Waals surface area contributed by atoms with E-state index in [4.69, 9.17) is 5.73 Å². The van der Waals surface area contributed by atoms with E-state index in [2.05, 4.69) is 21.3 Å². The number of pyridine rings is 1. The topological polar surface area (TPSA) is 71.2 Å². The van der Waals surface area contributed by atoms with E-state index < -0.39 is 0 Å². The van der Waals surface area contributed by atoms with Crippen LogP contribution in [0.5, 0.6) is 0 Å². The van der Waals surface area contributed by atoms with E-state index >= 15 is 0 Å². The molecule has 2 aliphatic rings. The summed E-state index contributed by atoms with van der Waals surface area (Å²) in [6.07, 6.45) is 3.83. The molecule has 0 aliphatic carbocycles. The fraction of sp³-hybridized carbons (Fsp3) is 0.571. The minimum atomic E-state index is 0.00525. The molecule has 102 valence electrons. The Labute approximate surface area is 113 Å². The quantitative estimate of drug-likeness (QED) is 0.825. The van der Waals surface area contributed by atoms with E-state index in [1.807, 2.05) is 19.2 Å². The largest absolute Gasteiger partial charge is 0.354 e. The molecular formula is C14H20N4O. The van der Waals surface area contributed by atoms with Crippen molar-refractivity contribution in [2.24, 2.45) is 11.7 Å². The number of nitrogens with two attached hydrogens (primary N) is 1. The predicted octanol–water partition coefficient (Wildman–Crippen LogP) is 0.816. The van der Waals surface area contributed by atoms with Gasteiger partial charge in [-0.15, -0.1) is 0 Å². The SMILES string of the molecule is C[C@H](N)c1ccnc(N2CCCC3C(=O)NCC32)c1. The maximum atomic E-state index is 11.8. The average Bonchev–Trinajstić information content (AvgIpc) is 2.81. The summed E-state index contributed by atoms with van der Waals surface area (Å²) in [7, 11) is 0. The van der Waals surface area contributed by atoms with Gasteiger partial charge in [0.25, 0.3) is 0 Å². The van der Waals surface area contributed by atoms with E-state index in [0.29, 0.717) is 0 Å². The minimum Gasteiger partial charge on any atom is -0.354 e. The van der Waals surface area contributed by atoms with E-state index in [9.17, 15) is 4.79 Å². The van der Waals surface area contributed by atoms with Gasteiger partial charge in [0.2, 0.25) is 5.91 Å². The highest BCUT2D eigenvalue weighted by Gasteiger charge is 2.41. The zero-order valence-corrected chi connectivity index (χ0v) is 11.2. The number of aromatic nitrogens is 1. The number of piperidine rings is 1. The average molecular weight is 260 g/mol. The molecule has 3 heterocycles. The Morgan fingerprint density at radius 2 is 2.42 bits per heavy atom. The molecule has 2 aliphatic heterocycles. The lowest BCUT2D eigenvalue weighted by molar-refractivity contribution is -0.122. The number of amides is 1. The van der Waals surface area contributed by atoms with Crippen LogP contribution in [0, 0.1) is 5.92 Å². The molecule has 19 heavy (non-hydrogen) atoms. The van der Waals surface area contributed by atoms with Gasteiger partial charge in [0, 0.05) is 25.3 Å². The van der Waals surface area contributed by atoms with Crippen molar-refractivity contribution in [2.45, 2.75) is 31.8 Å². The van der Waals surface area contributed by atoms with Crippen molar-refractivity contribution in [3.05, 3.63) is 23.9 Å². The first-order chi connectivity index (χ1) is 9.16. The van der Waals surface area contributed by atoms with E-state index in [-0.39, 0.29) is 23.9 Å². The van der Waals surface area contributed by atoms with Crippen LogP contribution in [-0.2, 0) is 4.79 Å². The zero-order valence-electron chi connectivity index (χ0n) is 11.2. The number of rotatable bonds is 2. The van der Waals surface area contributed by atoms with E-state index in [1.54, 1.807) is 0 Å². The fourth-order valence-electron chi connectivity index (χ4n) is 3.11. The molecule has 2 unspecified atom stereocenters. The summed E-state index contributed by atoms with van der Waals surface area (Å²) in [4.78, 5) is 18.5. The van der Waals surface area contributed by atoms with Crippen LogP contribution in [0.3, 0.4) is 0 Å². The summed E-state index contributed by atoms with van der Waals surface area (Å²) in [6, 6.07) is 4.26. The highest BCUT2D eigenvalue weighted by atomic mass is 16.2. The molecule has 0 spiro atoms. The fourth-order valence-corrected chi connectivity index (χ4v) is 3.11. The van der Waals surface area contributed by atoms with Crippen molar-refractivity contribution in [3.8, 4) is 0 Å². The third-order valence-corrected chi connectivity index (χ3v) is 4.19. The Hall–Kier alpha value is -1.62. The number of carbonyl (C=O) groups excluding carboxylic acids is 1. The predicted molar refractivity (Wildman–Crippen MR) is 73.7 cm³/mol. The molecule has 3 atom stereocenters. The lowest BCUT2D eigenvalue weighted by Crippen LogP contribution is -2.46. The maximum Gasteiger partial charge on any atom is 0.225 e. The molecule has 2 fully saturated rings. The van der Waals surface area contributed by atoms with Crippen LogP contribution in [0.1, 0.15) is 31.4 Å². The van der Waals surface area contributed by atoms with Crippen LogP contribution in [0.4, 0.5) is 5.82 Å². The number of nitrogens with zero attached hydrogens (tertiary/aromatic N) is 2. The Morgan fingerprint density at radius 3 is 3.21 bits per heavy atom. The van der Waals surface area contributed by atoms with E-state index in [0.717, 1.165) is 37.3 Å². The third-order valence-electron chi connectivity index (χ3n) is 4.19. The van der Waals surface area contributed by atoms with Crippen molar-refractivity contribution in [1.82, 2.24) is 10.3 Å². The van der Waals surface area contributed by atoms with Gasteiger partial charge in [-0.25, -0.2) is 4.98 Å². The second-order valence-corrected chi connectivity index (χ2v) is 5.49. The molecule has 3 N–H and O–H groups in total. The summed E-state index contributed by atoms with van der Waals surface area (Å²) in [5, 5.41) is 2.97. The molecule has 1 amide bonds. The number of fused-ring (bicyclic) bond motifs is 1. The minimum absolute atomic E-state index is 0.00525. The van der Waals surface area contributed by atoms with Gasteiger partial charge in [-0.2, -0.15) is 0 Å². The first kappa shape index (κ1) is 12.4. The first-order valence-corrected chi connectivity index (χ1v) is 6.92. The van der Waals surface area contributed by atoms with Crippen LogP contribution in [0.2, 0.25) is 0 Å². The molecule has 0 radical (unpaired) electrons. The van der Waals surface area contributed by atoms with Crippen molar-refractivity contribution < 1.29 is 4.79 Å². The second-order valence-electron chi connectivity index (χ2n) is 5.49. The number of hydrogen-bond acceptors (Lipinski definition) is 4. The van der Waals surface area contributed by atoms with Gasteiger partial charge < -0.3 is 16.0 Å². The van der Waals surface area contributed by atoms with Crippen LogP contribution < -0.4 is 16.0 Å². The van der Waals surface area contributed by atoms with Gasteiger partial charge in [0.05, 0.1) is 12.0 Å². The Kier molecular flexibility index (Phi) is 3.14. The first-order valence-electron chi connectivity index (χ1n) is 6.92. The summed E-state index contributed by atoms with van der Waals surface area (Å²) >= 11 is 0. The monoisotopic (exact) mass is 260 g/mol. The van der Waals surface area contributed by atoms with Crippen LogP contribution in [0.25, 0.3) is 0 Å². The van der Waals surface area contributed by atoms with Gasteiger partial charge in [-0.05, 0) is 37.5 Å². The molecule has 5 heteroatoms.